The molecule has 0 aliphatic heterocycles. The number of halogens is 1. The zero-order valence-electron chi connectivity index (χ0n) is 14.7. The van der Waals surface area contributed by atoms with Crippen LogP contribution in [0.4, 0.5) is 4.39 Å². The maximum absolute atomic E-state index is 14.4. The normalized spacial score (nSPS) is 11.7. The molecule has 26 heavy (non-hydrogen) atoms. The zero-order valence-corrected chi connectivity index (χ0v) is 15.5. The second-order valence-corrected chi connectivity index (χ2v) is 7.91. The number of benzene rings is 1. The van der Waals surface area contributed by atoms with Gasteiger partial charge in [0, 0.05) is 24.5 Å². The molecule has 1 aromatic carbocycles. The molecule has 0 radical (unpaired) electrons. The molecule has 8 heteroatoms. The summed E-state index contributed by atoms with van der Waals surface area (Å²) in [7, 11) is -2.19. The molecule has 2 heterocycles. The van der Waals surface area contributed by atoms with Gasteiger partial charge in [-0.25, -0.2) is 17.5 Å². The molecule has 0 aliphatic rings. The van der Waals surface area contributed by atoms with Gasteiger partial charge in [-0.3, -0.25) is 4.98 Å². The molecular formula is C18H19FN4O2S. The first kappa shape index (κ1) is 18.2. The summed E-state index contributed by atoms with van der Waals surface area (Å²) >= 11 is 0. The fourth-order valence-electron chi connectivity index (χ4n) is 2.56. The highest BCUT2D eigenvalue weighted by atomic mass is 32.2. The largest absolute Gasteiger partial charge is 0.314 e. The minimum Gasteiger partial charge on any atom is -0.314 e. The second-order valence-electron chi connectivity index (χ2n) is 6.01. The number of sulfone groups is 1. The van der Waals surface area contributed by atoms with Crippen LogP contribution < -0.4 is 5.32 Å². The Hall–Kier alpha value is -2.58. The molecule has 0 spiro atoms. The molecule has 0 saturated carbocycles. The van der Waals surface area contributed by atoms with Gasteiger partial charge in [0.05, 0.1) is 10.6 Å². The van der Waals surface area contributed by atoms with Gasteiger partial charge in [0.15, 0.2) is 5.03 Å². The van der Waals surface area contributed by atoms with Crippen molar-refractivity contribution >= 4 is 9.84 Å². The van der Waals surface area contributed by atoms with Crippen molar-refractivity contribution in [1.29, 1.82) is 0 Å². The van der Waals surface area contributed by atoms with Crippen LogP contribution in [0.1, 0.15) is 17.0 Å². The SMILES string of the molecule is CNCc1cc(S(=O)(=O)c2ccc(C)nc2)n(-c2cc(C)ccc2F)n1. The van der Waals surface area contributed by atoms with Crippen LogP contribution in [0.3, 0.4) is 0 Å². The molecule has 1 N–H and O–H groups in total. The van der Waals surface area contributed by atoms with Gasteiger partial charge >= 0.3 is 0 Å². The Balaban J connectivity index is 2.23. The van der Waals surface area contributed by atoms with Gasteiger partial charge in [0.25, 0.3) is 0 Å². The van der Waals surface area contributed by atoms with E-state index in [1.807, 2.05) is 0 Å². The van der Waals surface area contributed by atoms with E-state index in [4.69, 9.17) is 0 Å². The van der Waals surface area contributed by atoms with Gasteiger partial charge in [0.2, 0.25) is 9.84 Å². The Kier molecular flexibility index (Phi) is 4.88. The highest BCUT2D eigenvalue weighted by Crippen LogP contribution is 2.26. The predicted molar refractivity (Wildman–Crippen MR) is 95.4 cm³/mol. The molecule has 0 unspecified atom stereocenters. The zero-order chi connectivity index (χ0) is 18.9. The molecule has 0 atom stereocenters. The van der Waals surface area contributed by atoms with E-state index in [0.717, 1.165) is 10.2 Å². The van der Waals surface area contributed by atoms with Crippen molar-refractivity contribution in [1.82, 2.24) is 20.1 Å². The first-order valence-corrected chi connectivity index (χ1v) is 9.49. The van der Waals surface area contributed by atoms with Crippen LogP contribution in [0, 0.1) is 19.7 Å². The first-order valence-electron chi connectivity index (χ1n) is 8.01. The lowest BCUT2D eigenvalue weighted by Crippen LogP contribution is -2.12. The number of nitrogens with one attached hydrogen (secondary N) is 1. The van der Waals surface area contributed by atoms with Gasteiger partial charge in [-0.2, -0.15) is 5.10 Å². The molecule has 0 saturated heterocycles. The van der Waals surface area contributed by atoms with Crippen molar-refractivity contribution < 1.29 is 12.8 Å². The molecule has 136 valence electrons. The summed E-state index contributed by atoms with van der Waals surface area (Å²) in [5, 5.41) is 7.12. The Morgan fingerprint density at radius 2 is 1.92 bits per heavy atom. The highest BCUT2D eigenvalue weighted by Gasteiger charge is 2.26. The molecule has 3 aromatic rings. The lowest BCUT2D eigenvalue weighted by molar-refractivity contribution is 0.575. The van der Waals surface area contributed by atoms with Crippen LogP contribution in [0.25, 0.3) is 5.69 Å². The topological polar surface area (TPSA) is 76.9 Å². The Morgan fingerprint density at radius 1 is 1.15 bits per heavy atom. The van der Waals surface area contributed by atoms with Crippen molar-refractivity contribution in [2.45, 2.75) is 30.3 Å². The number of pyridine rings is 1. The van der Waals surface area contributed by atoms with E-state index in [1.165, 1.54) is 24.4 Å². The Bertz CT molecular complexity index is 1040. The third-order valence-electron chi connectivity index (χ3n) is 3.88. The van der Waals surface area contributed by atoms with Crippen LogP contribution >= 0.6 is 0 Å². The molecular weight excluding hydrogens is 355 g/mol. The quantitative estimate of drug-likeness (QED) is 0.743. The van der Waals surface area contributed by atoms with Crippen molar-refractivity contribution in [2.24, 2.45) is 0 Å². The fraction of sp³-hybridized carbons (Fsp3) is 0.222. The molecule has 2 aromatic heterocycles. The summed E-state index contributed by atoms with van der Waals surface area (Å²) < 4.78 is 41.8. The number of aryl methyl sites for hydroxylation is 2. The number of aromatic nitrogens is 3. The van der Waals surface area contributed by atoms with E-state index in [-0.39, 0.29) is 15.6 Å². The number of hydrogen-bond donors (Lipinski definition) is 1. The minimum atomic E-state index is -3.92. The minimum absolute atomic E-state index is 0.0355. The third-order valence-corrected chi connectivity index (χ3v) is 5.59. The van der Waals surface area contributed by atoms with Crippen LogP contribution in [-0.2, 0) is 16.4 Å². The summed E-state index contributed by atoms with van der Waals surface area (Å²) in [6.45, 7) is 3.93. The summed E-state index contributed by atoms with van der Waals surface area (Å²) in [6.07, 6.45) is 1.30. The fourth-order valence-corrected chi connectivity index (χ4v) is 3.90. The van der Waals surface area contributed by atoms with E-state index in [0.29, 0.717) is 17.9 Å². The number of rotatable bonds is 5. The highest BCUT2D eigenvalue weighted by molar-refractivity contribution is 7.91. The first-order chi connectivity index (χ1) is 12.3. The molecule has 0 amide bonds. The van der Waals surface area contributed by atoms with Crippen molar-refractivity contribution in [2.75, 3.05) is 7.05 Å². The van der Waals surface area contributed by atoms with Gasteiger partial charge in [0.1, 0.15) is 11.5 Å². The summed E-state index contributed by atoms with van der Waals surface area (Å²) in [4.78, 5) is 4.09. The second kappa shape index (κ2) is 6.97. The summed E-state index contributed by atoms with van der Waals surface area (Å²) in [5.74, 6) is -0.548. The third kappa shape index (κ3) is 3.38. The molecule has 3 rings (SSSR count). The maximum Gasteiger partial charge on any atom is 0.225 e. The molecule has 0 aliphatic carbocycles. The van der Waals surface area contributed by atoms with Crippen molar-refractivity contribution in [3.63, 3.8) is 0 Å². The average Bonchev–Trinajstić information content (AvgIpc) is 3.02. The maximum atomic E-state index is 14.4. The van der Waals surface area contributed by atoms with Gasteiger partial charge in [-0.1, -0.05) is 6.07 Å². The van der Waals surface area contributed by atoms with E-state index in [1.54, 1.807) is 39.1 Å². The number of hydrogen-bond acceptors (Lipinski definition) is 5. The van der Waals surface area contributed by atoms with Crippen LogP contribution in [0.2, 0.25) is 0 Å². The van der Waals surface area contributed by atoms with Crippen molar-refractivity contribution in [3.8, 4) is 5.69 Å². The Labute approximate surface area is 151 Å². The average molecular weight is 374 g/mol. The van der Waals surface area contributed by atoms with E-state index in [9.17, 15) is 12.8 Å². The summed E-state index contributed by atoms with van der Waals surface area (Å²) in [5.41, 5.74) is 2.09. The van der Waals surface area contributed by atoms with E-state index in [2.05, 4.69) is 15.4 Å². The standard InChI is InChI=1S/C18H19FN4O2S/c1-12-4-7-16(19)17(8-12)23-18(9-14(22-23)10-20-3)26(24,25)15-6-5-13(2)21-11-15/h4-9,11,20H,10H2,1-3H3. The van der Waals surface area contributed by atoms with Crippen LogP contribution in [-0.4, -0.2) is 30.2 Å². The van der Waals surface area contributed by atoms with E-state index >= 15 is 0 Å². The summed E-state index contributed by atoms with van der Waals surface area (Å²) in [6, 6.07) is 9.04. The lowest BCUT2D eigenvalue weighted by atomic mass is 10.2. The monoisotopic (exact) mass is 374 g/mol. The van der Waals surface area contributed by atoms with Gasteiger partial charge in [-0.15, -0.1) is 0 Å². The van der Waals surface area contributed by atoms with E-state index < -0.39 is 15.7 Å². The predicted octanol–water partition coefficient (Wildman–Crippen LogP) is 2.58. The van der Waals surface area contributed by atoms with Crippen LogP contribution in [0.15, 0.2) is 52.5 Å². The lowest BCUT2D eigenvalue weighted by Gasteiger charge is -2.10. The number of nitrogens with zero attached hydrogens (tertiary/aromatic N) is 3. The molecule has 0 fully saturated rings. The van der Waals surface area contributed by atoms with Crippen LogP contribution in [0.5, 0.6) is 0 Å². The van der Waals surface area contributed by atoms with Gasteiger partial charge < -0.3 is 5.32 Å². The smallest absolute Gasteiger partial charge is 0.225 e. The van der Waals surface area contributed by atoms with Gasteiger partial charge in [-0.05, 0) is 50.7 Å². The molecule has 0 bridgehead atoms. The molecule has 6 nitrogen and oxygen atoms in total. The Morgan fingerprint density at radius 3 is 2.58 bits per heavy atom. The van der Waals surface area contributed by atoms with Crippen molar-refractivity contribution in [3.05, 3.63) is 65.4 Å².